The Bertz CT molecular complexity index is 579. The molecule has 1 aromatic rings. The molecule has 0 aliphatic heterocycles. The molecule has 0 spiro atoms. The standard InChI is InChI=1S/C18H21F3S/c1-17(2,3)15-11-10-14(9-8-13-6-4-5-7-13)16(12-15)22-18(19,20)21/h10-13H,4-7H2,1-3H3. The van der Waals surface area contributed by atoms with Gasteiger partial charge in [0.05, 0.1) is 0 Å². The molecule has 1 saturated carbocycles. The molecule has 0 N–H and O–H groups in total. The molecular weight excluding hydrogens is 305 g/mol. The van der Waals surface area contributed by atoms with Crippen molar-refractivity contribution >= 4 is 11.8 Å². The summed E-state index contributed by atoms with van der Waals surface area (Å²) in [6.45, 7) is 5.98. The maximum atomic E-state index is 12.8. The molecule has 4 heteroatoms. The number of hydrogen-bond acceptors (Lipinski definition) is 1. The van der Waals surface area contributed by atoms with Crippen molar-refractivity contribution in [2.45, 2.75) is 62.3 Å². The van der Waals surface area contributed by atoms with Crippen LogP contribution in [0.1, 0.15) is 57.6 Å². The van der Waals surface area contributed by atoms with E-state index in [2.05, 4.69) is 11.8 Å². The second-order valence-electron chi connectivity index (χ2n) is 6.76. The van der Waals surface area contributed by atoms with E-state index < -0.39 is 5.51 Å². The summed E-state index contributed by atoms with van der Waals surface area (Å²) >= 11 is -0.0624. The van der Waals surface area contributed by atoms with Gasteiger partial charge in [-0.15, -0.1) is 0 Å². The summed E-state index contributed by atoms with van der Waals surface area (Å²) < 4.78 is 38.4. The molecule has 0 heterocycles. The highest BCUT2D eigenvalue weighted by molar-refractivity contribution is 8.00. The van der Waals surface area contributed by atoms with E-state index in [4.69, 9.17) is 0 Å². The molecular formula is C18H21F3S. The lowest BCUT2D eigenvalue weighted by molar-refractivity contribution is -0.0328. The summed E-state index contributed by atoms with van der Waals surface area (Å²) in [6, 6.07) is 5.26. The largest absolute Gasteiger partial charge is 0.446 e. The lowest BCUT2D eigenvalue weighted by Crippen LogP contribution is -2.11. The maximum absolute atomic E-state index is 12.8. The molecule has 0 atom stereocenters. The van der Waals surface area contributed by atoms with Crippen LogP contribution in [0.5, 0.6) is 0 Å². The highest BCUT2D eigenvalue weighted by atomic mass is 32.2. The molecule has 120 valence electrons. The van der Waals surface area contributed by atoms with Crippen LogP contribution in [0.2, 0.25) is 0 Å². The summed E-state index contributed by atoms with van der Waals surface area (Å²) in [4.78, 5) is 0.213. The molecule has 1 aliphatic rings. The highest BCUT2D eigenvalue weighted by Crippen LogP contribution is 2.40. The van der Waals surface area contributed by atoms with E-state index in [1.54, 1.807) is 12.1 Å². The van der Waals surface area contributed by atoms with Crippen molar-refractivity contribution in [2.75, 3.05) is 0 Å². The van der Waals surface area contributed by atoms with E-state index in [0.717, 1.165) is 18.4 Å². The molecule has 0 nitrogen and oxygen atoms in total. The predicted molar refractivity (Wildman–Crippen MR) is 85.9 cm³/mol. The fourth-order valence-electron chi connectivity index (χ4n) is 2.55. The minimum atomic E-state index is -4.29. The molecule has 2 rings (SSSR count). The number of hydrogen-bond donors (Lipinski definition) is 0. The van der Waals surface area contributed by atoms with Crippen LogP contribution in [-0.4, -0.2) is 5.51 Å². The molecule has 0 radical (unpaired) electrons. The summed E-state index contributed by atoms with van der Waals surface area (Å²) in [5.74, 6) is 6.48. The van der Waals surface area contributed by atoms with E-state index in [-0.39, 0.29) is 22.1 Å². The predicted octanol–water partition coefficient (Wildman–Crippen LogP) is 6.14. The molecule has 22 heavy (non-hydrogen) atoms. The Kier molecular flexibility index (Phi) is 5.17. The van der Waals surface area contributed by atoms with Crippen molar-refractivity contribution in [3.05, 3.63) is 29.3 Å². The van der Waals surface area contributed by atoms with Crippen molar-refractivity contribution < 1.29 is 13.2 Å². The van der Waals surface area contributed by atoms with Gasteiger partial charge in [0, 0.05) is 16.4 Å². The molecule has 0 amide bonds. The summed E-state index contributed by atoms with van der Waals surface area (Å²) in [5, 5.41) is 0. The van der Waals surface area contributed by atoms with Gasteiger partial charge >= 0.3 is 5.51 Å². The molecule has 1 aliphatic carbocycles. The number of benzene rings is 1. The van der Waals surface area contributed by atoms with E-state index >= 15 is 0 Å². The average molecular weight is 326 g/mol. The summed E-state index contributed by atoms with van der Waals surface area (Å²) in [6.07, 6.45) is 4.47. The van der Waals surface area contributed by atoms with Gasteiger partial charge in [-0.2, -0.15) is 13.2 Å². The van der Waals surface area contributed by atoms with E-state index in [9.17, 15) is 13.2 Å². The lowest BCUT2D eigenvalue weighted by atomic mass is 9.86. The zero-order valence-corrected chi connectivity index (χ0v) is 14.0. The van der Waals surface area contributed by atoms with Gasteiger partial charge in [0.15, 0.2) is 0 Å². The van der Waals surface area contributed by atoms with E-state index in [1.165, 1.54) is 12.8 Å². The van der Waals surface area contributed by atoms with Crippen LogP contribution in [0.25, 0.3) is 0 Å². The van der Waals surface area contributed by atoms with Crippen LogP contribution in [0, 0.1) is 17.8 Å². The SMILES string of the molecule is CC(C)(C)c1ccc(C#CC2CCCC2)c(SC(F)(F)F)c1. The fraction of sp³-hybridized carbons (Fsp3) is 0.556. The van der Waals surface area contributed by atoms with Gasteiger partial charge in [0.2, 0.25) is 0 Å². The van der Waals surface area contributed by atoms with Gasteiger partial charge in [-0.3, -0.25) is 0 Å². The third-order valence-corrected chi connectivity index (χ3v) is 4.63. The molecule has 1 fully saturated rings. The second-order valence-corrected chi connectivity index (χ2v) is 7.87. The Morgan fingerprint density at radius 3 is 2.27 bits per heavy atom. The van der Waals surface area contributed by atoms with Gasteiger partial charge in [-0.25, -0.2) is 0 Å². The summed E-state index contributed by atoms with van der Waals surface area (Å²) in [5.41, 5.74) is -3.09. The Hall–Kier alpha value is -1.08. The first-order chi connectivity index (χ1) is 10.1. The average Bonchev–Trinajstić information content (AvgIpc) is 2.87. The van der Waals surface area contributed by atoms with E-state index in [0.29, 0.717) is 11.5 Å². The van der Waals surface area contributed by atoms with Gasteiger partial charge < -0.3 is 0 Å². The van der Waals surface area contributed by atoms with Crippen LogP contribution >= 0.6 is 11.8 Å². The Labute approximate surface area is 134 Å². The molecule has 0 saturated heterocycles. The molecule has 0 aromatic heterocycles. The first-order valence-electron chi connectivity index (χ1n) is 7.57. The van der Waals surface area contributed by atoms with Crippen LogP contribution < -0.4 is 0 Å². The van der Waals surface area contributed by atoms with Crippen molar-refractivity contribution in [1.29, 1.82) is 0 Å². The first kappa shape index (κ1) is 17.3. The Morgan fingerprint density at radius 2 is 1.73 bits per heavy atom. The first-order valence-corrected chi connectivity index (χ1v) is 8.38. The van der Waals surface area contributed by atoms with Crippen LogP contribution in [0.15, 0.2) is 23.1 Å². The molecule has 0 unspecified atom stereocenters. The van der Waals surface area contributed by atoms with Crippen molar-refractivity contribution in [1.82, 2.24) is 0 Å². The zero-order chi connectivity index (χ0) is 16.4. The smallest absolute Gasteiger partial charge is 0.160 e. The normalized spacial score (nSPS) is 16.5. The zero-order valence-electron chi connectivity index (χ0n) is 13.2. The van der Waals surface area contributed by atoms with Gasteiger partial charge in [0.1, 0.15) is 0 Å². The monoisotopic (exact) mass is 326 g/mol. The van der Waals surface area contributed by atoms with Crippen LogP contribution in [-0.2, 0) is 5.41 Å². The van der Waals surface area contributed by atoms with Crippen molar-refractivity contribution in [2.24, 2.45) is 5.92 Å². The number of alkyl halides is 3. The lowest BCUT2D eigenvalue weighted by Gasteiger charge is -2.20. The summed E-state index contributed by atoms with van der Waals surface area (Å²) in [7, 11) is 0. The van der Waals surface area contributed by atoms with Gasteiger partial charge in [-0.05, 0) is 47.7 Å². The minimum Gasteiger partial charge on any atom is -0.160 e. The number of halogens is 3. The third-order valence-electron chi connectivity index (χ3n) is 3.84. The highest BCUT2D eigenvalue weighted by Gasteiger charge is 2.31. The van der Waals surface area contributed by atoms with E-state index in [1.807, 2.05) is 26.8 Å². The third kappa shape index (κ3) is 4.98. The Morgan fingerprint density at radius 1 is 1.09 bits per heavy atom. The topological polar surface area (TPSA) is 0 Å². The van der Waals surface area contributed by atoms with Crippen LogP contribution in [0.4, 0.5) is 13.2 Å². The maximum Gasteiger partial charge on any atom is 0.446 e. The van der Waals surface area contributed by atoms with Gasteiger partial charge in [-0.1, -0.05) is 51.5 Å². The number of thioether (sulfide) groups is 1. The number of rotatable bonds is 1. The Balaban J connectivity index is 2.34. The quantitative estimate of drug-likeness (QED) is 0.441. The fourth-order valence-corrected chi connectivity index (χ4v) is 3.22. The second kappa shape index (κ2) is 6.58. The van der Waals surface area contributed by atoms with Crippen LogP contribution in [0.3, 0.4) is 0 Å². The molecule has 1 aromatic carbocycles. The van der Waals surface area contributed by atoms with Crippen molar-refractivity contribution in [3.8, 4) is 11.8 Å². The molecule has 0 bridgehead atoms. The minimum absolute atomic E-state index is 0.0624. The van der Waals surface area contributed by atoms with Gasteiger partial charge in [0.25, 0.3) is 0 Å². The van der Waals surface area contributed by atoms with Crippen molar-refractivity contribution in [3.63, 3.8) is 0 Å².